The smallest absolute Gasteiger partial charge is 0.0630 e. The van der Waals surface area contributed by atoms with Gasteiger partial charge in [0, 0.05) is 43.0 Å². The average molecular weight is 553 g/mol. The minimum atomic E-state index is 0.953. The number of nitrogens with zero attached hydrogens (tertiary/aromatic N) is 2. The molecule has 4 heterocycles. The minimum absolute atomic E-state index is 0.953. The number of hydrogen-bond acceptors (Lipinski definition) is 4. The molecule has 4 aromatic heterocycles. The quantitative estimate of drug-likeness (QED) is 0.197. The van der Waals surface area contributed by atoms with Crippen molar-refractivity contribution in [1.82, 2.24) is 9.97 Å². The van der Waals surface area contributed by atoms with Gasteiger partial charge in [0.05, 0.1) is 11.4 Å². The van der Waals surface area contributed by atoms with Crippen molar-refractivity contribution >= 4 is 47.0 Å². The Morgan fingerprint density at radius 2 is 0.825 bits per heavy atom. The third kappa shape index (κ3) is 6.26. The highest BCUT2D eigenvalue weighted by molar-refractivity contribution is 7.25. The fourth-order valence-corrected chi connectivity index (χ4v) is 6.35. The Hall–Kier alpha value is -4.38. The van der Waals surface area contributed by atoms with E-state index >= 15 is 0 Å². The molecule has 2 aromatic carbocycles. The van der Waals surface area contributed by atoms with Crippen LogP contribution in [0.4, 0.5) is 0 Å². The van der Waals surface area contributed by atoms with Crippen molar-refractivity contribution in [2.24, 2.45) is 0 Å². The van der Waals surface area contributed by atoms with Crippen LogP contribution in [0.1, 0.15) is 33.6 Å². The van der Waals surface area contributed by atoms with Gasteiger partial charge in [-0.2, -0.15) is 0 Å². The van der Waals surface area contributed by atoms with Gasteiger partial charge in [0.15, 0.2) is 0 Å². The SMILES string of the molecule is Cc1ccc(/C=C/c2ccc(-c3ccc(-c4ccc(-c5ccc(/C=C/c6ccc(C)cc6)nc5)s4)s3)cn2)cc1. The Morgan fingerprint density at radius 3 is 1.20 bits per heavy atom. The molecule has 0 spiro atoms. The number of pyridine rings is 2. The summed E-state index contributed by atoms with van der Waals surface area (Å²) in [7, 11) is 0. The molecule has 40 heavy (non-hydrogen) atoms. The lowest BCUT2D eigenvalue weighted by Gasteiger charge is -1.99. The van der Waals surface area contributed by atoms with Gasteiger partial charge in [0.25, 0.3) is 0 Å². The van der Waals surface area contributed by atoms with Crippen molar-refractivity contribution in [2.45, 2.75) is 13.8 Å². The first-order valence-corrected chi connectivity index (χ1v) is 14.8. The van der Waals surface area contributed by atoms with E-state index in [1.165, 1.54) is 41.8 Å². The second kappa shape index (κ2) is 11.8. The zero-order valence-corrected chi connectivity index (χ0v) is 24.0. The average Bonchev–Trinajstić information content (AvgIpc) is 3.68. The standard InChI is InChI=1S/C36H28N2S2/c1-25-3-7-27(8-4-25)11-15-31-17-13-29(23-37-31)33-19-21-35(39-33)36-22-20-34(40-36)30-14-18-32(38-24-30)16-12-28-9-5-26(2)6-10-28/h3-24H,1-2H3/b15-11+,16-12+. The van der Waals surface area contributed by atoms with Crippen LogP contribution in [0.5, 0.6) is 0 Å². The fraction of sp³-hybridized carbons (Fsp3) is 0.0556. The van der Waals surface area contributed by atoms with Gasteiger partial charge in [-0.15, -0.1) is 22.7 Å². The largest absolute Gasteiger partial charge is 0.256 e. The predicted octanol–water partition coefficient (Wildman–Crippen LogP) is 10.6. The lowest BCUT2D eigenvalue weighted by Crippen LogP contribution is -1.81. The summed E-state index contributed by atoms with van der Waals surface area (Å²) in [5.41, 5.74) is 9.07. The maximum Gasteiger partial charge on any atom is 0.0630 e. The highest BCUT2D eigenvalue weighted by Crippen LogP contribution is 2.40. The summed E-state index contributed by atoms with van der Waals surface area (Å²) in [5, 5.41) is 0. The van der Waals surface area contributed by atoms with E-state index in [0.717, 1.165) is 22.5 Å². The second-order valence-corrected chi connectivity index (χ2v) is 11.9. The summed E-state index contributed by atoms with van der Waals surface area (Å²) in [4.78, 5) is 14.3. The first kappa shape index (κ1) is 25.9. The Kier molecular flexibility index (Phi) is 7.62. The van der Waals surface area contributed by atoms with Gasteiger partial charge < -0.3 is 0 Å². The molecule has 4 heteroatoms. The van der Waals surface area contributed by atoms with E-state index in [1.807, 2.05) is 12.4 Å². The van der Waals surface area contributed by atoms with Crippen molar-refractivity contribution < 1.29 is 0 Å². The Balaban J connectivity index is 1.12. The van der Waals surface area contributed by atoms with Crippen molar-refractivity contribution in [3.8, 4) is 30.6 Å². The summed E-state index contributed by atoms with van der Waals surface area (Å²) in [6, 6.07) is 34.3. The molecule has 0 atom stereocenters. The summed E-state index contributed by atoms with van der Waals surface area (Å²) in [6.45, 7) is 4.20. The molecule has 0 amide bonds. The van der Waals surface area contributed by atoms with Crippen LogP contribution < -0.4 is 0 Å². The number of rotatable bonds is 7. The molecule has 2 nitrogen and oxygen atoms in total. The molecule has 0 fully saturated rings. The van der Waals surface area contributed by atoms with Crippen LogP contribution in [0.15, 0.2) is 109 Å². The van der Waals surface area contributed by atoms with Crippen LogP contribution in [0.25, 0.3) is 54.9 Å². The van der Waals surface area contributed by atoms with Gasteiger partial charge in [-0.05, 0) is 85.7 Å². The van der Waals surface area contributed by atoms with E-state index in [1.54, 1.807) is 22.7 Å². The van der Waals surface area contributed by atoms with Crippen LogP contribution in [0.3, 0.4) is 0 Å². The number of hydrogen-bond donors (Lipinski definition) is 0. The lowest BCUT2D eigenvalue weighted by molar-refractivity contribution is 1.30. The van der Waals surface area contributed by atoms with Gasteiger partial charge in [-0.25, -0.2) is 0 Å². The maximum atomic E-state index is 4.67. The Labute approximate surface area is 243 Å². The van der Waals surface area contributed by atoms with Crippen LogP contribution >= 0.6 is 22.7 Å². The number of aryl methyl sites for hydroxylation is 2. The van der Waals surface area contributed by atoms with E-state index in [4.69, 9.17) is 0 Å². The molecule has 6 rings (SSSR count). The van der Waals surface area contributed by atoms with Gasteiger partial charge in [0.1, 0.15) is 0 Å². The zero-order valence-electron chi connectivity index (χ0n) is 22.4. The molecule has 0 unspecified atom stereocenters. The summed E-state index contributed by atoms with van der Waals surface area (Å²) >= 11 is 3.60. The van der Waals surface area contributed by atoms with E-state index < -0.39 is 0 Å². The van der Waals surface area contributed by atoms with Gasteiger partial charge in [-0.3, -0.25) is 9.97 Å². The van der Waals surface area contributed by atoms with Crippen molar-refractivity contribution in [3.05, 3.63) is 143 Å². The second-order valence-electron chi connectivity index (χ2n) is 9.76. The fourth-order valence-electron chi connectivity index (χ4n) is 4.27. The third-order valence-corrected chi connectivity index (χ3v) is 9.11. The molecule has 194 valence electrons. The zero-order chi connectivity index (χ0) is 27.3. The van der Waals surface area contributed by atoms with Crippen LogP contribution in [0, 0.1) is 13.8 Å². The molecular formula is C36H28N2S2. The number of aromatic nitrogens is 2. The van der Waals surface area contributed by atoms with E-state index in [2.05, 4.69) is 145 Å². The summed E-state index contributed by atoms with van der Waals surface area (Å²) in [5.74, 6) is 0. The molecule has 0 saturated carbocycles. The van der Waals surface area contributed by atoms with Gasteiger partial charge >= 0.3 is 0 Å². The number of benzene rings is 2. The molecule has 6 aromatic rings. The van der Waals surface area contributed by atoms with Gasteiger partial charge in [0.2, 0.25) is 0 Å². The highest BCUT2D eigenvalue weighted by atomic mass is 32.1. The van der Waals surface area contributed by atoms with Crippen LogP contribution in [-0.4, -0.2) is 9.97 Å². The van der Waals surface area contributed by atoms with Crippen LogP contribution in [0.2, 0.25) is 0 Å². The molecular weight excluding hydrogens is 525 g/mol. The van der Waals surface area contributed by atoms with Crippen molar-refractivity contribution in [1.29, 1.82) is 0 Å². The van der Waals surface area contributed by atoms with E-state index in [0.29, 0.717) is 0 Å². The summed E-state index contributed by atoms with van der Waals surface area (Å²) in [6.07, 6.45) is 12.2. The molecule has 0 saturated heterocycles. The maximum absolute atomic E-state index is 4.67. The summed E-state index contributed by atoms with van der Waals surface area (Å²) < 4.78 is 0. The highest BCUT2D eigenvalue weighted by Gasteiger charge is 2.10. The van der Waals surface area contributed by atoms with Crippen molar-refractivity contribution in [3.63, 3.8) is 0 Å². The molecule has 0 bridgehead atoms. The molecule has 0 N–H and O–H groups in total. The third-order valence-electron chi connectivity index (χ3n) is 6.64. The topological polar surface area (TPSA) is 25.8 Å². The Bertz CT molecular complexity index is 1630. The first-order chi connectivity index (χ1) is 19.6. The normalized spacial score (nSPS) is 11.6. The van der Waals surface area contributed by atoms with E-state index in [-0.39, 0.29) is 0 Å². The molecule has 0 aliphatic carbocycles. The number of thiophene rings is 2. The van der Waals surface area contributed by atoms with Gasteiger partial charge in [-0.1, -0.05) is 71.8 Å². The molecule has 0 radical (unpaired) electrons. The Morgan fingerprint density at radius 1 is 0.425 bits per heavy atom. The van der Waals surface area contributed by atoms with Crippen molar-refractivity contribution in [2.75, 3.05) is 0 Å². The van der Waals surface area contributed by atoms with E-state index in [9.17, 15) is 0 Å². The predicted molar refractivity (Wildman–Crippen MR) is 174 cm³/mol. The molecule has 0 aliphatic rings. The van der Waals surface area contributed by atoms with Crippen LogP contribution in [-0.2, 0) is 0 Å². The monoisotopic (exact) mass is 552 g/mol. The minimum Gasteiger partial charge on any atom is -0.256 e. The molecule has 0 aliphatic heterocycles. The lowest BCUT2D eigenvalue weighted by atomic mass is 10.1. The first-order valence-electron chi connectivity index (χ1n) is 13.2.